The fourth-order valence-corrected chi connectivity index (χ4v) is 14.5. The lowest BCUT2D eigenvalue weighted by atomic mass is 10.0. The van der Waals surface area contributed by atoms with Crippen LogP contribution in [0.5, 0.6) is 0 Å². The molecule has 0 bridgehead atoms. The van der Waals surface area contributed by atoms with Gasteiger partial charge in [0.05, 0.1) is 25.4 Å². The van der Waals surface area contributed by atoms with Gasteiger partial charge in [-0.15, -0.1) is 0 Å². The molecule has 2 atom stereocenters. The van der Waals surface area contributed by atoms with Crippen molar-refractivity contribution in [1.29, 1.82) is 0 Å². The summed E-state index contributed by atoms with van der Waals surface area (Å²) in [6.45, 7) is 5.00. The van der Waals surface area contributed by atoms with Crippen LogP contribution in [-0.4, -0.2) is 47.4 Å². The summed E-state index contributed by atoms with van der Waals surface area (Å²) in [7, 11) is 0. The molecule has 0 aromatic rings. The lowest BCUT2D eigenvalue weighted by Crippen LogP contribution is -2.45. The van der Waals surface area contributed by atoms with Crippen LogP contribution in [0.15, 0.2) is 24.3 Å². The van der Waals surface area contributed by atoms with Crippen molar-refractivity contribution in [3.8, 4) is 0 Å². The van der Waals surface area contributed by atoms with Gasteiger partial charge in [-0.2, -0.15) is 0 Å². The van der Waals surface area contributed by atoms with E-state index in [2.05, 4.69) is 43.5 Å². The Morgan fingerprint density at radius 1 is 0.292 bits per heavy atom. The molecule has 570 valence electrons. The smallest absolute Gasteiger partial charge is 0.305 e. The third kappa shape index (κ3) is 81.3. The summed E-state index contributed by atoms with van der Waals surface area (Å²) >= 11 is 0. The summed E-state index contributed by atoms with van der Waals surface area (Å²) in [6, 6.07) is -0.538. The lowest BCUT2D eigenvalue weighted by molar-refractivity contribution is -0.143. The minimum atomic E-state index is -0.662. The molecule has 0 aliphatic carbocycles. The molecule has 1 amide bonds. The second-order valence-electron chi connectivity index (χ2n) is 30.9. The number of hydrogen-bond acceptors (Lipinski definition) is 5. The zero-order chi connectivity index (χ0) is 69.1. The van der Waals surface area contributed by atoms with E-state index >= 15 is 0 Å². The van der Waals surface area contributed by atoms with E-state index in [-0.39, 0.29) is 18.5 Å². The van der Waals surface area contributed by atoms with Gasteiger partial charge in [-0.25, -0.2) is 0 Å². The number of esters is 1. The first-order valence-electron chi connectivity index (χ1n) is 44.6. The Morgan fingerprint density at radius 3 is 0.802 bits per heavy atom. The Labute approximate surface area is 602 Å². The van der Waals surface area contributed by atoms with E-state index in [4.69, 9.17) is 4.74 Å². The topological polar surface area (TPSA) is 95.9 Å². The molecule has 0 spiro atoms. The number of unbranched alkanes of at least 4 members (excludes halogenated alkanes) is 70. The molecule has 0 aromatic heterocycles. The summed E-state index contributed by atoms with van der Waals surface area (Å²) in [5.74, 6) is -0.00542. The lowest BCUT2D eigenvalue weighted by Gasteiger charge is -2.22. The molecule has 0 aliphatic heterocycles. The van der Waals surface area contributed by atoms with Crippen LogP contribution in [0.4, 0.5) is 0 Å². The molecule has 6 heteroatoms. The Balaban J connectivity index is 3.30. The highest BCUT2D eigenvalue weighted by molar-refractivity contribution is 5.76. The maximum atomic E-state index is 12.6. The number of carbonyl (C=O) groups is 2. The molecule has 0 aromatic carbocycles. The van der Waals surface area contributed by atoms with Crippen molar-refractivity contribution in [2.24, 2.45) is 0 Å². The average Bonchev–Trinajstić information content (AvgIpc) is 2.88. The van der Waals surface area contributed by atoms with E-state index in [0.29, 0.717) is 25.9 Å². The largest absolute Gasteiger partial charge is 0.466 e. The molecule has 0 saturated heterocycles. The number of allylic oxidation sites excluding steroid dienone is 4. The molecule has 0 radical (unpaired) electrons. The highest BCUT2D eigenvalue weighted by Gasteiger charge is 2.20. The highest BCUT2D eigenvalue weighted by atomic mass is 16.5. The molecule has 0 rings (SSSR count). The van der Waals surface area contributed by atoms with Crippen molar-refractivity contribution < 1.29 is 24.5 Å². The zero-order valence-corrected chi connectivity index (χ0v) is 65.7. The van der Waals surface area contributed by atoms with Crippen molar-refractivity contribution in [2.75, 3.05) is 13.2 Å². The van der Waals surface area contributed by atoms with E-state index in [9.17, 15) is 19.8 Å². The second kappa shape index (κ2) is 85.8. The van der Waals surface area contributed by atoms with Gasteiger partial charge in [-0.3, -0.25) is 9.59 Å². The molecule has 0 heterocycles. The number of amides is 1. The number of rotatable bonds is 85. The molecule has 0 fully saturated rings. The number of aliphatic hydroxyl groups excluding tert-OH is 2. The van der Waals surface area contributed by atoms with Gasteiger partial charge in [-0.1, -0.05) is 468 Å². The summed E-state index contributed by atoms with van der Waals surface area (Å²) in [5, 5.41) is 23.5. The quantitative estimate of drug-likeness (QED) is 0.0320. The fraction of sp³-hybridized carbons (Fsp3) is 0.933. The number of hydrogen-bond donors (Lipinski definition) is 3. The van der Waals surface area contributed by atoms with Gasteiger partial charge in [-0.05, 0) is 57.8 Å². The maximum absolute atomic E-state index is 12.6. The standard InChI is InChI=1S/C90H175NO5/c1-3-5-7-9-11-13-15-17-19-21-23-24-25-41-44-47-50-54-58-62-66-70-74-78-82-88(93)87(86-92)91-89(94)83-79-75-71-67-63-59-55-51-48-45-42-39-37-35-33-31-29-27-26-28-30-32-34-36-38-40-43-46-49-53-57-61-65-69-73-77-81-85-96-90(95)84-80-76-72-68-64-60-56-52-22-20-18-16-14-12-10-8-6-4-2/h14,16,20,22,87-88,92-93H,3-13,15,17-19,21,23-86H2,1-2H3,(H,91,94)/b16-14-,22-20-. The van der Waals surface area contributed by atoms with Gasteiger partial charge < -0.3 is 20.3 Å². The summed E-state index contributed by atoms with van der Waals surface area (Å²) in [4.78, 5) is 24.7. The van der Waals surface area contributed by atoms with E-state index < -0.39 is 12.1 Å². The number of ether oxygens (including phenoxy) is 1. The average molecular weight is 1350 g/mol. The zero-order valence-electron chi connectivity index (χ0n) is 65.7. The van der Waals surface area contributed by atoms with Crippen molar-refractivity contribution in [1.82, 2.24) is 5.32 Å². The monoisotopic (exact) mass is 1350 g/mol. The first-order valence-corrected chi connectivity index (χ1v) is 44.6. The molecule has 6 nitrogen and oxygen atoms in total. The summed E-state index contributed by atoms with van der Waals surface area (Å²) in [5.41, 5.74) is 0. The van der Waals surface area contributed by atoms with Gasteiger partial charge in [0.25, 0.3) is 0 Å². The minimum absolute atomic E-state index is 0.0173. The normalized spacial score (nSPS) is 12.5. The number of carbonyl (C=O) groups excluding carboxylic acids is 2. The van der Waals surface area contributed by atoms with Gasteiger partial charge in [0.15, 0.2) is 0 Å². The molecular formula is C90H175NO5. The molecule has 0 saturated carbocycles. The fourth-order valence-electron chi connectivity index (χ4n) is 14.5. The van der Waals surface area contributed by atoms with Gasteiger partial charge in [0, 0.05) is 12.8 Å². The predicted octanol–water partition coefficient (Wildman–Crippen LogP) is 29.9. The SMILES string of the molecule is CCCCCC/C=C\C/C=C\CCCCCCCCCC(=O)OCCCCCCCCCCCCCCCCCCCCCCCCCCCCCCCCCCCCCCCC(=O)NC(CO)C(O)CCCCCCCCCCCCCCCCCCCCCCCCCC. The summed E-state index contributed by atoms with van der Waals surface area (Å²) in [6.07, 6.45) is 112. The van der Waals surface area contributed by atoms with Crippen molar-refractivity contribution in [3.05, 3.63) is 24.3 Å². The van der Waals surface area contributed by atoms with E-state index in [1.54, 1.807) is 0 Å². The highest BCUT2D eigenvalue weighted by Crippen LogP contribution is 2.21. The van der Waals surface area contributed by atoms with Crippen LogP contribution in [0.3, 0.4) is 0 Å². The van der Waals surface area contributed by atoms with Crippen LogP contribution in [-0.2, 0) is 14.3 Å². The first-order chi connectivity index (χ1) is 47.5. The molecule has 96 heavy (non-hydrogen) atoms. The number of aliphatic hydroxyl groups is 2. The van der Waals surface area contributed by atoms with E-state index in [1.165, 1.54) is 430 Å². The molecule has 3 N–H and O–H groups in total. The third-order valence-corrected chi connectivity index (χ3v) is 21.3. The van der Waals surface area contributed by atoms with Gasteiger partial charge in [0.2, 0.25) is 5.91 Å². The minimum Gasteiger partial charge on any atom is -0.466 e. The van der Waals surface area contributed by atoms with Crippen LogP contribution < -0.4 is 5.32 Å². The van der Waals surface area contributed by atoms with E-state index in [1.807, 2.05) is 0 Å². The van der Waals surface area contributed by atoms with Gasteiger partial charge >= 0.3 is 5.97 Å². The van der Waals surface area contributed by atoms with E-state index in [0.717, 1.165) is 51.4 Å². The Bertz CT molecular complexity index is 1510. The van der Waals surface area contributed by atoms with Crippen LogP contribution in [0, 0.1) is 0 Å². The van der Waals surface area contributed by atoms with Gasteiger partial charge in [0.1, 0.15) is 0 Å². The van der Waals surface area contributed by atoms with Crippen LogP contribution in [0.1, 0.15) is 515 Å². The Hall–Kier alpha value is -1.66. The Morgan fingerprint density at radius 2 is 0.521 bits per heavy atom. The predicted molar refractivity (Wildman–Crippen MR) is 426 cm³/mol. The van der Waals surface area contributed by atoms with Crippen LogP contribution in [0.25, 0.3) is 0 Å². The molecule has 2 unspecified atom stereocenters. The molecule has 0 aliphatic rings. The second-order valence-corrected chi connectivity index (χ2v) is 30.9. The van der Waals surface area contributed by atoms with Crippen molar-refractivity contribution >= 4 is 11.9 Å². The van der Waals surface area contributed by atoms with Crippen LogP contribution in [0.2, 0.25) is 0 Å². The van der Waals surface area contributed by atoms with Crippen molar-refractivity contribution in [3.63, 3.8) is 0 Å². The summed E-state index contributed by atoms with van der Waals surface area (Å²) < 4.78 is 5.52. The first kappa shape index (κ1) is 94.3. The maximum Gasteiger partial charge on any atom is 0.305 e. The van der Waals surface area contributed by atoms with Crippen molar-refractivity contribution in [2.45, 2.75) is 527 Å². The number of nitrogens with one attached hydrogen (secondary N) is 1. The third-order valence-electron chi connectivity index (χ3n) is 21.3. The molecular weight excluding hydrogens is 1170 g/mol. The Kier molecular flexibility index (Phi) is 84.3. The van der Waals surface area contributed by atoms with Crippen LogP contribution >= 0.6 is 0 Å².